The lowest BCUT2D eigenvalue weighted by atomic mass is 10.2. The number of hydrogen-bond donors (Lipinski definition) is 1. The molecule has 110 valence electrons. The minimum Gasteiger partial charge on any atom is -0.448 e. The lowest BCUT2D eigenvalue weighted by Gasteiger charge is -2.13. The number of aromatic nitrogens is 2. The van der Waals surface area contributed by atoms with Crippen molar-refractivity contribution in [3.63, 3.8) is 0 Å². The first-order valence-electron chi connectivity index (χ1n) is 6.80. The maximum Gasteiger partial charge on any atom is 0.409 e. The highest BCUT2D eigenvalue weighted by molar-refractivity contribution is 5.89. The quantitative estimate of drug-likeness (QED) is 0.853. The predicted octanol–water partition coefficient (Wildman–Crippen LogP) is 2.02. The molecule has 21 heavy (non-hydrogen) atoms. The van der Waals surface area contributed by atoms with E-state index in [1.54, 1.807) is 17.0 Å². The molecule has 3 rings (SSSR count). The summed E-state index contributed by atoms with van der Waals surface area (Å²) in [6.07, 6.45) is 1.84. The number of fused-ring (bicyclic) bond motifs is 1. The largest absolute Gasteiger partial charge is 0.448 e. The molecule has 0 bridgehead atoms. The van der Waals surface area contributed by atoms with Crippen LogP contribution in [-0.4, -0.2) is 47.2 Å². The smallest absolute Gasteiger partial charge is 0.409 e. The van der Waals surface area contributed by atoms with E-state index in [1.165, 1.54) is 12.4 Å². The summed E-state index contributed by atoms with van der Waals surface area (Å²) in [5, 5.41) is 3.81. The van der Waals surface area contributed by atoms with Crippen molar-refractivity contribution in [3.05, 3.63) is 30.3 Å². The number of halogens is 1. The van der Waals surface area contributed by atoms with E-state index in [-0.39, 0.29) is 11.9 Å². The molecule has 1 saturated heterocycles. The first kappa shape index (κ1) is 13.5. The number of ether oxygens (including phenoxy) is 1. The molecular weight excluding hydrogens is 275 g/mol. The zero-order valence-electron chi connectivity index (χ0n) is 11.4. The molecule has 0 aliphatic carbocycles. The van der Waals surface area contributed by atoms with E-state index in [2.05, 4.69) is 15.3 Å². The second kappa shape index (κ2) is 5.90. The SMILES string of the molecule is O=C1OCCN1CCCNc1ncnc2c(F)cccc12. The van der Waals surface area contributed by atoms with Crippen molar-refractivity contribution in [2.45, 2.75) is 6.42 Å². The fourth-order valence-electron chi connectivity index (χ4n) is 2.30. The predicted molar refractivity (Wildman–Crippen MR) is 75.5 cm³/mol. The van der Waals surface area contributed by atoms with Gasteiger partial charge in [0.2, 0.25) is 0 Å². The van der Waals surface area contributed by atoms with Crippen LogP contribution in [0, 0.1) is 5.82 Å². The van der Waals surface area contributed by atoms with E-state index in [0.717, 1.165) is 6.42 Å². The maximum absolute atomic E-state index is 13.6. The van der Waals surface area contributed by atoms with Crippen LogP contribution in [0.2, 0.25) is 0 Å². The number of anilines is 1. The highest BCUT2D eigenvalue weighted by Gasteiger charge is 2.20. The number of benzene rings is 1. The van der Waals surface area contributed by atoms with Gasteiger partial charge in [0.1, 0.15) is 30.1 Å². The fourth-order valence-corrected chi connectivity index (χ4v) is 2.30. The third kappa shape index (κ3) is 2.86. The Bertz CT molecular complexity index is 664. The van der Waals surface area contributed by atoms with Crippen LogP contribution in [-0.2, 0) is 4.74 Å². The first-order valence-corrected chi connectivity index (χ1v) is 6.80. The molecule has 1 aliphatic rings. The van der Waals surface area contributed by atoms with Gasteiger partial charge in [-0.25, -0.2) is 19.2 Å². The van der Waals surface area contributed by atoms with Gasteiger partial charge in [0, 0.05) is 18.5 Å². The molecule has 0 unspecified atom stereocenters. The average molecular weight is 290 g/mol. The number of amides is 1. The molecule has 1 N–H and O–H groups in total. The van der Waals surface area contributed by atoms with Gasteiger partial charge >= 0.3 is 6.09 Å². The Morgan fingerprint density at radius 1 is 1.38 bits per heavy atom. The molecule has 1 aliphatic heterocycles. The molecule has 1 fully saturated rings. The van der Waals surface area contributed by atoms with Gasteiger partial charge in [-0.05, 0) is 18.6 Å². The standard InChI is InChI=1S/C14H15FN4O2/c15-11-4-1-3-10-12(11)17-9-18-13(10)16-5-2-6-19-7-8-21-14(19)20/h1,3-4,9H,2,5-8H2,(H,16,17,18). The number of cyclic esters (lactones) is 1. The topological polar surface area (TPSA) is 67.3 Å². The Hall–Kier alpha value is -2.44. The van der Waals surface area contributed by atoms with Crippen LogP contribution in [0.1, 0.15) is 6.42 Å². The molecule has 1 aromatic heterocycles. The van der Waals surface area contributed by atoms with E-state index in [0.29, 0.717) is 43.0 Å². The minimum absolute atomic E-state index is 0.260. The summed E-state index contributed by atoms with van der Waals surface area (Å²) in [5.74, 6) is 0.237. The van der Waals surface area contributed by atoms with Gasteiger partial charge in [0.05, 0.1) is 6.54 Å². The van der Waals surface area contributed by atoms with Gasteiger partial charge in [-0.15, -0.1) is 0 Å². The van der Waals surface area contributed by atoms with Gasteiger partial charge in [-0.2, -0.15) is 0 Å². The summed E-state index contributed by atoms with van der Waals surface area (Å²) < 4.78 is 18.5. The van der Waals surface area contributed by atoms with E-state index in [9.17, 15) is 9.18 Å². The van der Waals surface area contributed by atoms with Crippen LogP contribution < -0.4 is 5.32 Å². The summed E-state index contributed by atoms with van der Waals surface area (Å²) in [4.78, 5) is 21.0. The molecule has 2 aromatic rings. The van der Waals surface area contributed by atoms with E-state index < -0.39 is 0 Å². The highest BCUT2D eigenvalue weighted by atomic mass is 19.1. The van der Waals surface area contributed by atoms with Crippen LogP contribution >= 0.6 is 0 Å². The van der Waals surface area contributed by atoms with Crippen molar-refractivity contribution in [2.75, 3.05) is 31.6 Å². The zero-order valence-corrected chi connectivity index (χ0v) is 11.4. The molecule has 7 heteroatoms. The van der Waals surface area contributed by atoms with Crippen molar-refractivity contribution >= 4 is 22.8 Å². The Balaban J connectivity index is 1.60. The van der Waals surface area contributed by atoms with Crippen LogP contribution in [0.15, 0.2) is 24.5 Å². The minimum atomic E-state index is -0.363. The Morgan fingerprint density at radius 3 is 3.10 bits per heavy atom. The van der Waals surface area contributed by atoms with Crippen LogP contribution in [0.4, 0.5) is 15.0 Å². The molecule has 0 saturated carbocycles. The number of nitrogens with one attached hydrogen (secondary N) is 1. The molecule has 1 aromatic carbocycles. The van der Waals surface area contributed by atoms with Crippen molar-refractivity contribution in [1.82, 2.24) is 14.9 Å². The second-order valence-electron chi connectivity index (χ2n) is 4.74. The number of hydrogen-bond acceptors (Lipinski definition) is 5. The van der Waals surface area contributed by atoms with Crippen molar-refractivity contribution < 1.29 is 13.9 Å². The summed E-state index contributed by atoms with van der Waals surface area (Å²) in [5.41, 5.74) is 0.304. The van der Waals surface area contributed by atoms with Crippen molar-refractivity contribution in [2.24, 2.45) is 0 Å². The van der Waals surface area contributed by atoms with Crippen molar-refractivity contribution in [1.29, 1.82) is 0 Å². The summed E-state index contributed by atoms with van der Waals surface area (Å²) in [7, 11) is 0. The van der Waals surface area contributed by atoms with Gasteiger partial charge in [-0.3, -0.25) is 0 Å². The molecule has 0 spiro atoms. The summed E-state index contributed by atoms with van der Waals surface area (Å²) in [6.45, 7) is 2.36. The van der Waals surface area contributed by atoms with Gasteiger partial charge in [-0.1, -0.05) is 6.07 Å². The number of carbonyl (C=O) groups excluding carboxylic acids is 1. The summed E-state index contributed by atoms with van der Waals surface area (Å²) in [6, 6.07) is 4.78. The average Bonchev–Trinajstić information content (AvgIpc) is 2.90. The molecule has 1 amide bonds. The number of rotatable bonds is 5. The number of para-hydroxylation sites is 1. The summed E-state index contributed by atoms with van der Waals surface area (Å²) >= 11 is 0. The lowest BCUT2D eigenvalue weighted by Crippen LogP contribution is -2.26. The van der Waals surface area contributed by atoms with Gasteiger partial charge in [0.25, 0.3) is 0 Å². The fraction of sp³-hybridized carbons (Fsp3) is 0.357. The zero-order chi connectivity index (χ0) is 14.7. The Morgan fingerprint density at radius 2 is 2.29 bits per heavy atom. The third-order valence-corrected chi connectivity index (χ3v) is 3.36. The van der Waals surface area contributed by atoms with Crippen LogP contribution in [0.3, 0.4) is 0 Å². The highest BCUT2D eigenvalue weighted by Crippen LogP contribution is 2.21. The van der Waals surface area contributed by atoms with E-state index in [4.69, 9.17) is 4.74 Å². The molecule has 2 heterocycles. The molecule has 0 atom stereocenters. The second-order valence-corrected chi connectivity index (χ2v) is 4.74. The Kier molecular flexibility index (Phi) is 3.81. The van der Waals surface area contributed by atoms with Gasteiger partial charge < -0.3 is 15.0 Å². The molecule has 0 radical (unpaired) electrons. The molecular formula is C14H15FN4O2. The van der Waals surface area contributed by atoms with E-state index in [1.807, 2.05) is 0 Å². The number of nitrogens with zero attached hydrogens (tertiary/aromatic N) is 3. The normalized spacial score (nSPS) is 14.5. The monoisotopic (exact) mass is 290 g/mol. The van der Waals surface area contributed by atoms with Crippen molar-refractivity contribution in [3.8, 4) is 0 Å². The van der Waals surface area contributed by atoms with Crippen LogP contribution in [0.5, 0.6) is 0 Å². The first-order chi connectivity index (χ1) is 10.3. The Labute approximate surface area is 120 Å². The lowest BCUT2D eigenvalue weighted by molar-refractivity contribution is 0.158. The number of carbonyl (C=O) groups is 1. The van der Waals surface area contributed by atoms with Gasteiger partial charge in [0.15, 0.2) is 0 Å². The maximum atomic E-state index is 13.6. The van der Waals surface area contributed by atoms with Crippen LogP contribution in [0.25, 0.3) is 10.9 Å². The molecule has 6 nitrogen and oxygen atoms in total. The van der Waals surface area contributed by atoms with E-state index >= 15 is 0 Å². The third-order valence-electron chi connectivity index (χ3n) is 3.36.